The molecule has 68 valence electrons. The molecule has 0 amide bonds. The van der Waals surface area contributed by atoms with Crippen LogP contribution in [0, 0.1) is 11.3 Å². The van der Waals surface area contributed by atoms with Crippen LogP contribution in [0.25, 0.3) is 0 Å². The number of nitrogens with zero attached hydrogens (tertiary/aromatic N) is 1. The second-order valence-corrected chi connectivity index (χ2v) is 3.12. The first kappa shape index (κ1) is 9.87. The Morgan fingerprint density at radius 2 is 2.31 bits per heavy atom. The minimum absolute atomic E-state index is 0.0467. The van der Waals surface area contributed by atoms with Gasteiger partial charge in [0.15, 0.2) is 0 Å². The molecule has 0 spiro atoms. The molecule has 13 heavy (non-hydrogen) atoms. The smallest absolute Gasteiger partial charge is 0.137 e. The molecule has 0 radical (unpaired) electrons. The van der Waals surface area contributed by atoms with Gasteiger partial charge in [0.1, 0.15) is 17.6 Å². The number of benzene rings is 1. The molecule has 0 bridgehead atoms. The van der Waals surface area contributed by atoms with Gasteiger partial charge in [-0.25, -0.2) is 0 Å². The summed E-state index contributed by atoms with van der Waals surface area (Å²) in [5.41, 5.74) is 0.256. The van der Waals surface area contributed by atoms with Gasteiger partial charge in [-0.15, -0.1) is 0 Å². The third kappa shape index (κ3) is 2.63. The summed E-state index contributed by atoms with van der Waals surface area (Å²) < 4.78 is 5.22. The van der Waals surface area contributed by atoms with E-state index in [1.807, 2.05) is 6.07 Å². The number of ether oxygens (including phenoxy) is 1. The zero-order valence-electron chi connectivity index (χ0n) is 6.83. The molecule has 0 aliphatic carbocycles. The van der Waals surface area contributed by atoms with E-state index in [0.717, 1.165) is 5.33 Å². The highest BCUT2D eigenvalue weighted by Crippen LogP contribution is 2.22. The Morgan fingerprint density at radius 1 is 1.54 bits per heavy atom. The molecule has 1 aromatic rings. The van der Waals surface area contributed by atoms with Crippen molar-refractivity contribution in [2.45, 2.75) is 0 Å². The van der Waals surface area contributed by atoms with Crippen LogP contribution in [0.15, 0.2) is 18.2 Å². The summed E-state index contributed by atoms with van der Waals surface area (Å²) in [5.74, 6) is 0.519. The highest BCUT2D eigenvalue weighted by molar-refractivity contribution is 9.09. The second-order valence-electron chi connectivity index (χ2n) is 2.33. The summed E-state index contributed by atoms with van der Waals surface area (Å²) in [6, 6.07) is 6.48. The monoisotopic (exact) mass is 241 g/mol. The van der Waals surface area contributed by atoms with E-state index >= 15 is 0 Å². The molecular weight excluding hydrogens is 234 g/mol. The third-order valence-electron chi connectivity index (χ3n) is 1.44. The molecule has 1 rings (SSSR count). The van der Waals surface area contributed by atoms with E-state index in [9.17, 15) is 5.11 Å². The summed E-state index contributed by atoms with van der Waals surface area (Å²) in [7, 11) is 0. The Hall–Kier alpha value is -1.21. The van der Waals surface area contributed by atoms with E-state index in [-0.39, 0.29) is 11.3 Å². The fraction of sp³-hybridized carbons (Fsp3) is 0.222. The minimum atomic E-state index is -0.0467. The van der Waals surface area contributed by atoms with Crippen molar-refractivity contribution in [3.05, 3.63) is 23.8 Å². The number of rotatable bonds is 3. The molecule has 0 saturated heterocycles. The first-order valence-corrected chi connectivity index (χ1v) is 4.82. The number of nitriles is 1. The van der Waals surface area contributed by atoms with Crippen molar-refractivity contribution >= 4 is 15.9 Å². The first-order valence-electron chi connectivity index (χ1n) is 3.70. The average molecular weight is 242 g/mol. The van der Waals surface area contributed by atoms with Gasteiger partial charge in [0.25, 0.3) is 0 Å². The average Bonchev–Trinajstić information content (AvgIpc) is 2.15. The van der Waals surface area contributed by atoms with Crippen molar-refractivity contribution < 1.29 is 9.84 Å². The van der Waals surface area contributed by atoms with Gasteiger partial charge < -0.3 is 9.84 Å². The number of phenolic OH excluding ortho intramolecular Hbond substituents is 1. The molecule has 0 aromatic heterocycles. The highest BCUT2D eigenvalue weighted by atomic mass is 79.9. The van der Waals surface area contributed by atoms with Crippen LogP contribution in [0.1, 0.15) is 5.56 Å². The summed E-state index contributed by atoms with van der Waals surface area (Å²) in [6.07, 6.45) is 0. The normalized spacial score (nSPS) is 9.23. The predicted octanol–water partition coefficient (Wildman–Crippen LogP) is 2.04. The Morgan fingerprint density at radius 3 is 2.85 bits per heavy atom. The van der Waals surface area contributed by atoms with Crippen LogP contribution in [0.2, 0.25) is 0 Å². The summed E-state index contributed by atoms with van der Waals surface area (Å²) >= 11 is 3.21. The largest absolute Gasteiger partial charge is 0.506 e. The number of hydrogen-bond donors (Lipinski definition) is 1. The summed E-state index contributed by atoms with van der Waals surface area (Å²) in [6.45, 7) is 0.533. The van der Waals surface area contributed by atoms with Gasteiger partial charge in [-0.1, -0.05) is 15.9 Å². The molecule has 0 fully saturated rings. The van der Waals surface area contributed by atoms with Crippen LogP contribution in [0.3, 0.4) is 0 Å². The standard InChI is InChI=1S/C9H8BrNO2/c10-3-4-13-8-2-1-7(6-11)9(12)5-8/h1-2,5,12H,3-4H2. The summed E-state index contributed by atoms with van der Waals surface area (Å²) in [5, 5.41) is 18.5. The maximum Gasteiger partial charge on any atom is 0.137 e. The van der Waals surface area contributed by atoms with E-state index in [0.29, 0.717) is 12.4 Å². The molecular formula is C9H8BrNO2. The van der Waals surface area contributed by atoms with Crippen molar-refractivity contribution in [2.75, 3.05) is 11.9 Å². The van der Waals surface area contributed by atoms with Crippen LogP contribution >= 0.6 is 15.9 Å². The van der Waals surface area contributed by atoms with Crippen LogP contribution in [0.5, 0.6) is 11.5 Å². The van der Waals surface area contributed by atoms with Gasteiger partial charge in [0.2, 0.25) is 0 Å². The minimum Gasteiger partial charge on any atom is -0.506 e. The molecule has 0 unspecified atom stereocenters. The number of alkyl halides is 1. The number of aromatic hydroxyl groups is 1. The lowest BCUT2D eigenvalue weighted by Gasteiger charge is -2.04. The molecule has 0 saturated carbocycles. The lowest BCUT2D eigenvalue weighted by molar-refractivity contribution is 0.342. The van der Waals surface area contributed by atoms with Gasteiger partial charge in [0.05, 0.1) is 12.2 Å². The summed E-state index contributed by atoms with van der Waals surface area (Å²) in [4.78, 5) is 0. The van der Waals surface area contributed by atoms with Crippen molar-refractivity contribution in [2.24, 2.45) is 0 Å². The molecule has 1 aromatic carbocycles. The van der Waals surface area contributed by atoms with E-state index in [1.54, 1.807) is 6.07 Å². The Bertz CT molecular complexity index is 333. The SMILES string of the molecule is N#Cc1ccc(OCCBr)cc1O. The topological polar surface area (TPSA) is 53.2 Å². The van der Waals surface area contributed by atoms with E-state index in [1.165, 1.54) is 12.1 Å². The lowest BCUT2D eigenvalue weighted by Crippen LogP contribution is -1.97. The van der Waals surface area contributed by atoms with Crippen molar-refractivity contribution in [1.82, 2.24) is 0 Å². The van der Waals surface area contributed by atoms with Crippen LogP contribution in [0.4, 0.5) is 0 Å². The third-order valence-corrected chi connectivity index (χ3v) is 1.76. The highest BCUT2D eigenvalue weighted by Gasteiger charge is 2.01. The fourth-order valence-corrected chi connectivity index (χ4v) is 1.01. The second kappa shape index (κ2) is 4.73. The first-order chi connectivity index (χ1) is 6.27. The Labute approximate surface area is 84.7 Å². The molecule has 3 nitrogen and oxygen atoms in total. The van der Waals surface area contributed by atoms with Gasteiger partial charge in [0, 0.05) is 11.4 Å². The number of halogens is 1. The molecule has 4 heteroatoms. The van der Waals surface area contributed by atoms with Crippen molar-refractivity contribution in [3.63, 3.8) is 0 Å². The fourth-order valence-electron chi connectivity index (χ4n) is 0.852. The zero-order valence-corrected chi connectivity index (χ0v) is 8.41. The van der Waals surface area contributed by atoms with Gasteiger partial charge in [-0.2, -0.15) is 5.26 Å². The van der Waals surface area contributed by atoms with Crippen LogP contribution in [-0.4, -0.2) is 17.0 Å². The van der Waals surface area contributed by atoms with E-state index in [4.69, 9.17) is 10.00 Å². The number of hydrogen-bond acceptors (Lipinski definition) is 3. The van der Waals surface area contributed by atoms with E-state index < -0.39 is 0 Å². The predicted molar refractivity (Wildman–Crippen MR) is 52.1 cm³/mol. The van der Waals surface area contributed by atoms with Crippen LogP contribution < -0.4 is 4.74 Å². The maximum atomic E-state index is 9.28. The van der Waals surface area contributed by atoms with E-state index in [2.05, 4.69) is 15.9 Å². The van der Waals surface area contributed by atoms with Gasteiger partial charge >= 0.3 is 0 Å². The zero-order chi connectivity index (χ0) is 9.68. The van der Waals surface area contributed by atoms with Gasteiger partial charge in [-0.05, 0) is 12.1 Å². The van der Waals surface area contributed by atoms with Crippen molar-refractivity contribution in [1.29, 1.82) is 5.26 Å². The molecule has 1 N–H and O–H groups in total. The maximum absolute atomic E-state index is 9.28. The Kier molecular flexibility index (Phi) is 3.59. The molecule has 0 aliphatic rings. The molecule has 0 atom stereocenters. The molecule has 0 heterocycles. The quantitative estimate of drug-likeness (QED) is 0.825. The van der Waals surface area contributed by atoms with Crippen molar-refractivity contribution in [3.8, 4) is 17.6 Å². The van der Waals surface area contributed by atoms with Crippen LogP contribution in [-0.2, 0) is 0 Å². The number of phenols is 1. The molecule has 0 aliphatic heterocycles. The van der Waals surface area contributed by atoms with Gasteiger partial charge in [-0.3, -0.25) is 0 Å². The lowest BCUT2D eigenvalue weighted by atomic mass is 10.2. The Balaban J connectivity index is 2.79.